The molecule has 0 fully saturated rings. The maximum atomic E-state index is 6.90. The minimum absolute atomic E-state index is 0.122. The maximum absolute atomic E-state index is 6.90. The Morgan fingerprint density at radius 2 is 1.62 bits per heavy atom. The van der Waals surface area contributed by atoms with Gasteiger partial charge in [0.2, 0.25) is 0 Å². The van der Waals surface area contributed by atoms with Crippen molar-refractivity contribution in [1.29, 1.82) is 0 Å². The number of benzene rings is 3. The summed E-state index contributed by atoms with van der Waals surface area (Å²) in [6.45, 7) is 6.32. The lowest BCUT2D eigenvalue weighted by atomic mass is 9.83. The highest BCUT2D eigenvalue weighted by atomic mass is 35.5. The van der Waals surface area contributed by atoms with Crippen LogP contribution in [0.25, 0.3) is 11.1 Å². The lowest BCUT2D eigenvalue weighted by Gasteiger charge is -2.31. The van der Waals surface area contributed by atoms with Crippen molar-refractivity contribution in [3.8, 4) is 16.9 Å². The Balaban J connectivity index is 2.04. The van der Waals surface area contributed by atoms with Crippen LogP contribution in [0.4, 0.5) is 0 Å². The maximum Gasteiger partial charge on any atom is 0.176 e. The largest absolute Gasteiger partial charge is 0.494 e. The Bertz CT molecular complexity index is 988. The summed E-state index contributed by atoms with van der Waals surface area (Å²) in [5, 5.41) is 0.682. The second kappa shape index (κ2) is 9.03. The van der Waals surface area contributed by atoms with Crippen molar-refractivity contribution in [3.05, 3.63) is 101 Å². The molecule has 5 heteroatoms. The molecule has 29 heavy (non-hydrogen) atoms. The average molecular weight is 409 g/mol. The van der Waals surface area contributed by atoms with E-state index in [4.69, 9.17) is 32.5 Å². The van der Waals surface area contributed by atoms with Gasteiger partial charge in [-0.1, -0.05) is 54.1 Å². The number of halogens is 1. The molecule has 3 rings (SSSR count). The smallest absolute Gasteiger partial charge is 0.176 e. The Kier molecular flexibility index (Phi) is 6.47. The molecule has 0 radical (unpaired) electrons. The fraction of sp³-hybridized carbons (Fsp3) is 0.167. The summed E-state index contributed by atoms with van der Waals surface area (Å²) in [5.74, 6) is 0.909. The summed E-state index contributed by atoms with van der Waals surface area (Å²) in [6.07, 6.45) is 0. The van der Waals surface area contributed by atoms with Gasteiger partial charge in [-0.25, -0.2) is 0 Å². The Morgan fingerprint density at radius 3 is 2.24 bits per heavy atom. The van der Waals surface area contributed by atoms with Crippen LogP contribution in [0.5, 0.6) is 5.75 Å². The fourth-order valence-electron chi connectivity index (χ4n) is 3.20. The molecule has 3 aromatic carbocycles. The summed E-state index contributed by atoms with van der Waals surface area (Å²) >= 11 is 6.17. The second-order valence-corrected chi connectivity index (χ2v) is 7.21. The van der Waals surface area contributed by atoms with Crippen molar-refractivity contribution in [1.82, 2.24) is 0 Å². The lowest BCUT2D eigenvalue weighted by Crippen LogP contribution is -2.43. The van der Waals surface area contributed by atoms with E-state index in [1.54, 1.807) is 0 Å². The number of nitrogens with two attached hydrogens (primary N) is 2. The molecule has 4 nitrogen and oxygen atoms in total. The van der Waals surface area contributed by atoms with Crippen LogP contribution < -0.4 is 16.2 Å². The van der Waals surface area contributed by atoms with Gasteiger partial charge in [-0.3, -0.25) is 0 Å². The highest BCUT2D eigenvalue weighted by molar-refractivity contribution is 6.30. The minimum atomic E-state index is -0.929. The predicted molar refractivity (Wildman–Crippen MR) is 119 cm³/mol. The lowest BCUT2D eigenvalue weighted by molar-refractivity contribution is 0.161. The standard InChI is InChI=1S/C24H25ClN2O2/c1-3-28-23-12-10-20(11-13-23)24(27,16-29-17(2)26)21-8-4-6-18(14-21)19-7-5-9-22(25)15-19/h4-15H,2-3,16,26-27H2,1H3. The Hall–Kier alpha value is -2.95. The Morgan fingerprint density at radius 1 is 0.966 bits per heavy atom. The third-order valence-corrected chi connectivity index (χ3v) is 4.94. The molecular weight excluding hydrogens is 384 g/mol. The zero-order valence-electron chi connectivity index (χ0n) is 16.4. The van der Waals surface area contributed by atoms with Crippen LogP contribution in [0, 0.1) is 0 Å². The topological polar surface area (TPSA) is 70.5 Å². The van der Waals surface area contributed by atoms with Gasteiger partial charge in [0.05, 0.1) is 6.61 Å². The molecule has 0 aliphatic heterocycles. The predicted octanol–water partition coefficient (Wildman–Crippen LogP) is 5.05. The molecule has 0 aliphatic carbocycles. The average Bonchev–Trinajstić information content (AvgIpc) is 2.73. The molecule has 3 aromatic rings. The van der Waals surface area contributed by atoms with Gasteiger partial charge in [0.25, 0.3) is 0 Å². The van der Waals surface area contributed by atoms with Crippen molar-refractivity contribution in [3.63, 3.8) is 0 Å². The first kappa shape index (κ1) is 20.8. The van der Waals surface area contributed by atoms with E-state index in [0.717, 1.165) is 28.0 Å². The van der Waals surface area contributed by atoms with Gasteiger partial charge in [0, 0.05) is 5.02 Å². The fourth-order valence-corrected chi connectivity index (χ4v) is 3.39. The van der Waals surface area contributed by atoms with E-state index in [0.29, 0.717) is 11.6 Å². The van der Waals surface area contributed by atoms with E-state index in [-0.39, 0.29) is 12.5 Å². The third kappa shape index (κ3) is 4.91. The molecule has 0 saturated heterocycles. The van der Waals surface area contributed by atoms with Gasteiger partial charge in [-0.05, 0) is 66.1 Å². The van der Waals surface area contributed by atoms with E-state index < -0.39 is 5.54 Å². The molecule has 0 bridgehead atoms. The van der Waals surface area contributed by atoms with Crippen LogP contribution in [-0.2, 0) is 10.3 Å². The molecule has 1 unspecified atom stereocenters. The molecular formula is C24H25ClN2O2. The molecule has 150 valence electrons. The number of rotatable bonds is 8. The van der Waals surface area contributed by atoms with Crippen molar-refractivity contribution < 1.29 is 9.47 Å². The van der Waals surface area contributed by atoms with Crippen molar-refractivity contribution in [2.24, 2.45) is 11.5 Å². The quantitative estimate of drug-likeness (QED) is 0.511. The zero-order valence-corrected chi connectivity index (χ0v) is 17.2. The van der Waals surface area contributed by atoms with Crippen LogP contribution in [0.2, 0.25) is 5.02 Å². The van der Waals surface area contributed by atoms with E-state index in [1.807, 2.05) is 79.7 Å². The van der Waals surface area contributed by atoms with E-state index in [2.05, 4.69) is 6.58 Å². The van der Waals surface area contributed by atoms with Crippen LogP contribution in [0.1, 0.15) is 18.1 Å². The van der Waals surface area contributed by atoms with Gasteiger partial charge >= 0.3 is 0 Å². The Labute approximate surface area is 176 Å². The molecule has 0 aliphatic rings. The van der Waals surface area contributed by atoms with Crippen LogP contribution in [-0.4, -0.2) is 13.2 Å². The monoisotopic (exact) mass is 408 g/mol. The molecule has 1 atom stereocenters. The zero-order chi connectivity index (χ0) is 20.9. The normalized spacial score (nSPS) is 12.8. The summed E-state index contributed by atoms with van der Waals surface area (Å²) < 4.78 is 11.1. The van der Waals surface area contributed by atoms with Crippen molar-refractivity contribution in [2.45, 2.75) is 12.5 Å². The first-order valence-electron chi connectivity index (χ1n) is 9.38. The summed E-state index contributed by atoms with van der Waals surface area (Å²) in [5.41, 5.74) is 15.4. The SMILES string of the molecule is C=C(N)OCC(N)(c1ccc(OCC)cc1)c1cccc(-c2cccc(Cl)c2)c1. The van der Waals surface area contributed by atoms with Gasteiger partial charge in [0.1, 0.15) is 17.9 Å². The van der Waals surface area contributed by atoms with E-state index in [9.17, 15) is 0 Å². The highest BCUT2D eigenvalue weighted by Gasteiger charge is 2.31. The first-order valence-corrected chi connectivity index (χ1v) is 9.76. The van der Waals surface area contributed by atoms with Crippen LogP contribution in [0.15, 0.2) is 85.3 Å². The molecule has 0 spiro atoms. The highest BCUT2D eigenvalue weighted by Crippen LogP contribution is 2.32. The minimum Gasteiger partial charge on any atom is -0.494 e. The summed E-state index contributed by atoms with van der Waals surface area (Å²) in [7, 11) is 0. The number of hydrogen-bond donors (Lipinski definition) is 2. The third-order valence-electron chi connectivity index (χ3n) is 4.70. The second-order valence-electron chi connectivity index (χ2n) is 6.77. The number of hydrogen-bond acceptors (Lipinski definition) is 4. The summed E-state index contributed by atoms with van der Waals surface area (Å²) in [6, 6.07) is 23.4. The summed E-state index contributed by atoms with van der Waals surface area (Å²) in [4.78, 5) is 0. The molecule has 0 amide bonds. The van der Waals surface area contributed by atoms with Gasteiger partial charge in [-0.15, -0.1) is 0 Å². The molecule has 0 saturated carbocycles. The number of ether oxygens (including phenoxy) is 2. The van der Waals surface area contributed by atoms with Crippen molar-refractivity contribution in [2.75, 3.05) is 13.2 Å². The van der Waals surface area contributed by atoms with Crippen LogP contribution >= 0.6 is 11.6 Å². The van der Waals surface area contributed by atoms with Crippen LogP contribution in [0.3, 0.4) is 0 Å². The van der Waals surface area contributed by atoms with E-state index in [1.165, 1.54) is 0 Å². The molecule has 4 N–H and O–H groups in total. The van der Waals surface area contributed by atoms with Gasteiger partial charge in [-0.2, -0.15) is 0 Å². The van der Waals surface area contributed by atoms with Gasteiger partial charge < -0.3 is 20.9 Å². The molecule has 0 heterocycles. The van der Waals surface area contributed by atoms with Crippen molar-refractivity contribution >= 4 is 11.6 Å². The first-order chi connectivity index (χ1) is 13.9. The van der Waals surface area contributed by atoms with E-state index >= 15 is 0 Å². The molecule has 0 aromatic heterocycles. The van der Waals surface area contributed by atoms with Gasteiger partial charge in [0.15, 0.2) is 5.88 Å².